The predicted octanol–water partition coefficient (Wildman–Crippen LogP) is 16.8. The third kappa shape index (κ3) is 13.4. The minimum absolute atomic E-state index is 0.809. The molecule has 348 valence electrons. The van der Waals surface area contributed by atoms with Gasteiger partial charge in [0, 0.05) is 22.3 Å². The SMILES string of the molecule is CCCCCCCCCCCCCC1=C2C=CC(=N2)C(c2cccc(OC)c2)=C2C=CC(=N2)C(CCCCCCCCCCCCC)=C2C=CC(=N2)C(c2cccc(OC)c2)=C2C=CC1=N2. The molecule has 0 spiro atoms. The average Bonchev–Trinajstić information content (AvgIpc) is 4.20. The van der Waals surface area contributed by atoms with Gasteiger partial charge in [-0.3, -0.25) is 0 Å². The lowest BCUT2D eigenvalue weighted by atomic mass is 9.98. The number of hydrogen-bond donors (Lipinski definition) is 0. The molecule has 0 atom stereocenters. The average molecular weight is 885 g/mol. The summed E-state index contributed by atoms with van der Waals surface area (Å²) in [6.07, 6.45) is 48.0. The molecule has 2 aromatic rings. The molecular formula is C60H76N4O2. The number of fused-ring (bicyclic) bond motifs is 4. The van der Waals surface area contributed by atoms with Crippen molar-refractivity contribution in [2.24, 2.45) is 20.0 Å². The third-order valence-corrected chi connectivity index (χ3v) is 13.6. The summed E-state index contributed by atoms with van der Waals surface area (Å²) in [5.74, 6) is 1.62. The van der Waals surface area contributed by atoms with Gasteiger partial charge in [0.05, 0.1) is 59.9 Å². The number of unbranched alkanes of at least 4 members (excludes halogenated alkanes) is 20. The smallest absolute Gasteiger partial charge is 0.119 e. The van der Waals surface area contributed by atoms with E-state index in [-0.39, 0.29) is 0 Å². The molecule has 0 aliphatic carbocycles. The first-order valence-corrected chi connectivity index (χ1v) is 25.9. The van der Waals surface area contributed by atoms with E-state index < -0.39 is 0 Å². The van der Waals surface area contributed by atoms with Crippen LogP contribution in [-0.2, 0) is 0 Å². The van der Waals surface area contributed by atoms with Crippen LogP contribution in [0.4, 0.5) is 0 Å². The maximum absolute atomic E-state index is 5.75. The topological polar surface area (TPSA) is 67.9 Å². The van der Waals surface area contributed by atoms with E-state index in [2.05, 4.69) is 98.9 Å². The van der Waals surface area contributed by atoms with E-state index in [0.29, 0.717) is 0 Å². The van der Waals surface area contributed by atoms with Crippen LogP contribution in [0.5, 0.6) is 11.5 Å². The zero-order valence-electron chi connectivity index (χ0n) is 40.8. The number of aliphatic imine (C=N–C) groups is 4. The zero-order valence-corrected chi connectivity index (χ0v) is 40.8. The normalized spacial score (nSPS) is 16.3. The molecule has 6 nitrogen and oxygen atoms in total. The van der Waals surface area contributed by atoms with E-state index in [0.717, 1.165) is 105 Å². The molecule has 6 heteroatoms. The molecule has 7 rings (SSSR count). The van der Waals surface area contributed by atoms with Crippen molar-refractivity contribution < 1.29 is 9.47 Å². The van der Waals surface area contributed by atoms with Gasteiger partial charge >= 0.3 is 0 Å². The van der Waals surface area contributed by atoms with E-state index in [4.69, 9.17) is 29.4 Å². The van der Waals surface area contributed by atoms with Crippen molar-refractivity contribution in [2.75, 3.05) is 14.2 Å². The quantitative estimate of drug-likeness (QED) is 0.0799. The van der Waals surface area contributed by atoms with Gasteiger partial charge in [0.2, 0.25) is 0 Å². The first-order chi connectivity index (χ1) is 32.6. The Hall–Kier alpha value is -5.36. The molecule has 5 aliphatic heterocycles. The second-order valence-electron chi connectivity index (χ2n) is 18.6. The van der Waals surface area contributed by atoms with Crippen molar-refractivity contribution in [3.8, 4) is 11.5 Å². The fourth-order valence-electron chi connectivity index (χ4n) is 9.80. The summed E-state index contributed by atoms with van der Waals surface area (Å²) in [7, 11) is 3.46. The van der Waals surface area contributed by atoms with Gasteiger partial charge in [-0.25, -0.2) is 20.0 Å². The highest BCUT2D eigenvalue weighted by Gasteiger charge is 2.27. The lowest BCUT2D eigenvalue weighted by molar-refractivity contribution is 0.414. The zero-order chi connectivity index (χ0) is 45.8. The summed E-state index contributed by atoms with van der Waals surface area (Å²) >= 11 is 0. The molecule has 0 saturated carbocycles. The van der Waals surface area contributed by atoms with Crippen LogP contribution in [0, 0.1) is 0 Å². The van der Waals surface area contributed by atoms with Gasteiger partial charge < -0.3 is 9.47 Å². The van der Waals surface area contributed by atoms with Crippen LogP contribution in [0.15, 0.2) is 151 Å². The highest BCUT2D eigenvalue weighted by molar-refractivity contribution is 6.34. The van der Waals surface area contributed by atoms with Gasteiger partial charge in [-0.1, -0.05) is 167 Å². The van der Waals surface area contributed by atoms with Gasteiger partial charge in [-0.15, -0.1) is 0 Å². The van der Waals surface area contributed by atoms with Crippen LogP contribution < -0.4 is 9.47 Å². The van der Waals surface area contributed by atoms with Crippen LogP contribution in [-0.4, -0.2) is 37.1 Å². The number of nitrogens with zero attached hydrogens (tertiary/aromatic N) is 4. The summed E-state index contributed by atoms with van der Waals surface area (Å²) in [4.78, 5) is 21.9. The Morgan fingerprint density at radius 2 is 0.667 bits per heavy atom. The van der Waals surface area contributed by atoms with Gasteiger partial charge in [0.1, 0.15) is 11.5 Å². The molecule has 66 heavy (non-hydrogen) atoms. The summed E-state index contributed by atoms with van der Waals surface area (Å²) in [5, 5.41) is 0. The molecular weight excluding hydrogens is 809 g/mol. The number of methoxy groups -OCH3 is 2. The molecule has 0 fully saturated rings. The fraction of sp³-hybridized carbons (Fsp3) is 0.467. The number of rotatable bonds is 28. The predicted molar refractivity (Wildman–Crippen MR) is 282 cm³/mol. The number of benzene rings is 2. The Morgan fingerprint density at radius 3 is 1.03 bits per heavy atom. The minimum atomic E-state index is 0.809. The van der Waals surface area contributed by atoms with Gasteiger partial charge in [0.25, 0.3) is 0 Å². The van der Waals surface area contributed by atoms with Crippen LogP contribution in [0.3, 0.4) is 0 Å². The van der Waals surface area contributed by atoms with E-state index >= 15 is 0 Å². The molecule has 0 aromatic heterocycles. The van der Waals surface area contributed by atoms with Gasteiger partial charge in [0.15, 0.2) is 0 Å². The Morgan fingerprint density at radius 1 is 0.348 bits per heavy atom. The van der Waals surface area contributed by atoms with Crippen molar-refractivity contribution in [1.82, 2.24) is 0 Å². The Balaban J connectivity index is 1.23. The maximum atomic E-state index is 5.75. The van der Waals surface area contributed by atoms with Crippen molar-refractivity contribution in [1.29, 1.82) is 0 Å². The van der Waals surface area contributed by atoms with E-state index in [9.17, 15) is 0 Å². The molecule has 0 saturated heterocycles. The van der Waals surface area contributed by atoms with Crippen molar-refractivity contribution in [3.05, 3.63) is 142 Å². The molecule has 5 aliphatic rings. The van der Waals surface area contributed by atoms with Crippen LogP contribution >= 0.6 is 0 Å². The fourth-order valence-corrected chi connectivity index (χ4v) is 9.80. The van der Waals surface area contributed by atoms with Crippen LogP contribution in [0.2, 0.25) is 0 Å². The van der Waals surface area contributed by atoms with Gasteiger partial charge in [-0.2, -0.15) is 0 Å². The number of allylic oxidation sites excluding steroid dienone is 12. The summed E-state index contributed by atoms with van der Waals surface area (Å²) in [6.45, 7) is 4.58. The monoisotopic (exact) mass is 885 g/mol. The lowest BCUT2D eigenvalue weighted by Crippen LogP contribution is -2.04. The number of ether oxygens (including phenoxy) is 2. The Kier molecular flexibility index (Phi) is 19.2. The Labute approximate surface area is 397 Å². The molecule has 0 radical (unpaired) electrons. The highest BCUT2D eigenvalue weighted by atomic mass is 16.5. The standard InChI is InChI=1S/C60H76N4O2/c1-5-7-9-11-13-15-17-19-21-23-25-33-49-51-35-39-55(61-51)59(45-29-27-31-47(43-45)65-3)57-41-37-53(63-57)50(34-26-24-22-20-18-16-14-12-10-8-6-2)54-38-42-58(64-54)60(56-40-36-52(49)62-56)46-30-28-32-48(44-46)66-4/h27-32,35-44H,5-26,33-34H2,1-4H3. The second kappa shape index (κ2) is 26.1. The third-order valence-electron chi connectivity index (χ3n) is 13.6. The molecule has 0 amide bonds. The van der Waals surface area contributed by atoms with E-state index in [1.807, 2.05) is 12.1 Å². The first kappa shape index (κ1) is 48.6. The van der Waals surface area contributed by atoms with Crippen molar-refractivity contribution in [3.63, 3.8) is 0 Å². The van der Waals surface area contributed by atoms with Crippen LogP contribution in [0.25, 0.3) is 11.1 Å². The van der Waals surface area contributed by atoms with Crippen molar-refractivity contribution >= 4 is 34.0 Å². The highest BCUT2D eigenvalue weighted by Crippen LogP contribution is 2.38. The number of hydrogen-bond acceptors (Lipinski definition) is 6. The van der Waals surface area contributed by atoms with E-state index in [1.54, 1.807) is 14.2 Å². The summed E-state index contributed by atoms with van der Waals surface area (Å²) < 4.78 is 11.5. The first-order valence-electron chi connectivity index (χ1n) is 25.9. The largest absolute Gasteiger partial charge is 0.497 e. The molecule has 8 bridgehead atoms. The minimum Gasteiger partial charge on any atom is -0.497 e. The molecule has 0 N–H and O–H groups in total. The van der Waals surface area contributed by atoms with Crippen LogP contribution in [0.1, 0.15) is 179 Å². The second-order valence-corrected chi connectivity index (χ2v) is 18.6. The van der Waals surface area contributed by atoms with Crippen molar-refractivity contribution in [2.45, 2.75) is 168 Å². The molecule has 0 unspecified atom stereocenters. The van der Waals surface area contributed by atoms with E-state index in [1.165, 1.54) is 140 Å². The Bertz CT molecular complexity index is 2200. The molecule has 5 heterocycles. The summed E-state index contributed by atoms with van der Waals surface area (Å²) in [6, 6.07) is 16.6. The lowest BCUT2D eigenvalue weighted by Gasteiger charge is -2.13. The maximum Gasteiger partial charge on any atom is 0.119 e. The summed E-state index contributed by atoms with van der Waals surface area (Å²) in [5.41, 5.74) is 13.9. The van der Waals surface area contributed by atoms with Gasteiger partial charge in [-0.05, 0) is 110 Å². The molecule has 2 aromatic carbocycles.